The van der Waals surface area contributed by atoms with Gasteiger partial charge in [-0.15, -0.1) is 6.42 Å². The number of hydrogen-bond donors (Lipinski definition) is 2. The molecule has 2 N–H and O–H groups in total. The Morgan fingerprint density at radius 3 is 2.32 bits per heavy atom. The number of nitrogens with zero attached hydrogens (tertiary/aromatic N) is 2. The second-order valence-electron chi connectivity index (χ2n) is 10.8. The Morgan fingerprint density at radius 1 is 1.24 bits per heavy atom. The third kappa shape index (κ3) is 8.01. The molecule has 8 nitrogen and oxygen atoms in total. The maximum Gasteiger partial charge on any atom is 1.00 e. The monoisotopic (exact) mass is 594 g/mol. The summed E-state index contributed by atoms with van der Waals surface area (Å²) in [6.45, 7) is 10.0. The maximum absolute atomic E-state index is 13.6. The molecule has 37 heavy (non-hydrogen) atoms. The molecule has 1 aromatic rings. The van der Waals surface area contributed by atoms with Crippen LogP contribution in [-0.4, -0.2) is 53.5 Å². The number of terminal acetylenes is 1. The van der Waals surface area contributed by atoms with Crippen molar-refractivity contribution in [2.45, 2.75) is 72.3 Å². The summed E-state index contributed by atoms with van der Waals surface area (Å²) in [7, 11) is 0. The van der Waals surface area contributed by atoms with Gasteiger partial charge in [0.1, 0.15) is 12.1 Å². The summed E-state index contributed by atoms with van der Waals surface area (Å²) >= 11 is 0. The summed E-state index contributed by atoms with van der Waals surface area (Å²) in [6, 6.07) is -0.396. The Morgan fingerprint density at radius 2 is 1.84 bits per heavy atom. The van der Waals surface area contributed by atoms with Crippen LogP contribution in [0.15, 0.2) is 23.1 Å². The van der Waals surface area contributed by atoms with Crippen LogP contribution in [0, 0.1) is 29.1 Å². The maximum atomic E-state index is 13.6. The molecule has 0 aromatic carbocycles. The van der Waals surface area contributed by atoms with Crippen LogP contribution < -0.4 is 79.4 Å². The van der Waals surface area contributed by atoms with Gasteiger partial charge in [-0.05, 0) is 22.3 Å². The van der Waals surface area contributed by atoms with E-state index in [9.17, 15) is 32.3 Å². The van der Waals surface area contributed by atoms with Gasteiger partial charge in [0.15, 0.2) is 0 Å². The Hall–Kier alpha value is -1.48. The van der Waals surface area contributed by atoms with Crippen LogP contribution in [0.5, 0.6) is 0 Å². The van der Waals surface area contributed by atoms with E-state index in [1.165, 1.54) is 31.9 Å². The minimum Gasteiger partial charge on any atom is -0.629 e. The molecule has 198 valence electrons. The van der Waals surface area contributed by atoms with Gasteiger partial charge in [-0.25, -0.2) is 0 Å². The summed E-state index contributed by atoms with van der Waals surface area (Å²) in [5.41, 5.74) is -2.03. The van der Waals surface area contributed by atoms with E-state index in [0.29, 0.717) is 5.56 Å². The van der Waals surface area contributed by atoms with Gasteiger partial charge in [-0.1, -0.05) is 59.6 Å². The smallest absolute Gasteiger partial charge is 0.629 e. The number of nitrogens with one attached hydrogen (secondary N) is 2. The molecule has 2 unspecified atom stereocenters. The van der Waals surface area contributed by atoms with Gasteiger partial charge in [-0.2, -0.15) is 19.4 Å². The van der Waals surface area contributed by atoms with E-state index < -0.39 is 58.4 Å². The van der Waals surface area contributed by atoms with Crippen molar-refractivity contribution in [2.75, 3.05) is 6.54 Å². The fraction of sp³-hybridized carbons (Fsp3) is 0.600. The summed E-state index contributed by atoms with van der Waals surface area (Å²) in [5, 5.41) is 4.49. The number of halogens is 3. The van der Waals surface area contributed by atoms with E-state index in [0.717, 1.165) is 0 Å². The van der Waals surface area contributed by atoms with E-state index in [4.69, 9.17) is 6.42 Å². The number of likely N-dealkylation sites (tertiary alicyclic amines) is 1. The average Bonchev–Trinajstić information content (AvgIpc) is 2.99. The van der Waals surface area contributed by atoms with Crippen LogP contribution in [0.4, 0.5) is 13.2 Å². The van der Waals surface area contributed by atoms with Gasteiger partial charge in [0, 0.05) is 13.0 Å². The first-order chi connectivity index (χ1) is 16.4. The molecule has 1 aliphatic heterocycles. The zero-order chi connectivity index (χ0) is 27.6. The number of carbonyl (C=O) groups is 3. The van der Waals surface area contributed by atoms with Crippen LogP contribution >= 0.6 is 0 Å². The number of rotatable bonds is 6. The molecule has 1 aliphatic rings. The van der Waals surface area contributed by atoms with Gasteiger partial charge < -0.3 is 25.3 Å². The van der Waals surface area contributed by atoms with Crippen molar-refractivity contribution in [1.82, 2.24) is 20.5 Å². The fourth-order valence-electron chi connectivity index (χ4n) is 4.23. The van der Waals surface area contributed by atoms with E-state index >= 15 is 0 Å². The van der Waals surface area contributed by atoms with Crippen molar-refractivity contribution < 1.29 is 85.7 Å². The predicted molar refractivity (Wildman–Crippen MR) is 126 cm³/mol. The number of pyridine rings is 1. The second kappa shape index (κ2) is 12.6. The van der Waals surface area contributed by atoms with E-state index in [1.54, 1.807) is 31.3 Å². The largest absolute Gasteiger partial charge is 1.00 e. The first-order valence-electron chi connectivity index (χ1n) is 11.5. The molecule has 2 heterocycles. The molecule has 0 aliphatic carbocycles. The molecule has 0 saturated carbocycles. The minimum absolute atomic E-state index is 0. The minimum atomic E-state index is -5.18. The number of aromatic nitrogens is 1. The molecular weight excluding hydrogens is 563 g/mol. The fourth-order valence-corrected chi connectivity index (χ4v) is 4.23. The number of alkyl halides is 3. The van der Waals surface area contributed by atoms with Crippen molar-refractivity contribution in [3.63, 3.8) is 0 Å². The molecule has 12 heteroatoms. The zero-order valence-corrected chi connectivity index (χ0v) is 27.1. The Labute approximate surface area is 263 Å². The van der Waals surface area contributed by atoms with Gasteiger partial charge in [-0.3, -0.25) is 14.4 Å². The average molecular weight is 595 g/mol. The molecule has 1 fully saturated rings. The summed E-state index contributed by atoms with van der Waals surface area (Å²) in [5.74, 6) is -1.42. The third-order valence-electron chi connectivity index (χ3n) is 6.73. The topological polar surface area (TPSA) is 110 Å². The standard InChI is InChI=1S/C25H33F3N4O4.Rb/c1-8-16(12-15-10-9-11-29-19(15)33)30-20(34)18-24(6,7)14(2)13-32(18)21(35)17(23(3,4)5)31-22(36)25(26,27)28;/h1,9-11,14,16-18H,12-13H2,2-7H3,(H3,29,30,31,33,34,36);/q;+1/p-1/t14?,16-,17?,18-;/m1./s1. The Kier molecular flexibility index (Phi) is 11.4. The molecule has 0 radical (unpaired) electrons. The Balaban J connectivity index is 0.00000684. The van der Waals surface area contributed by atoms with Crippen molar-refractivity contribution in [2.24, 2.45) is 16.7 Å². The summed E-state index contributed by atoms with van der Waals surface area (Å²) in [6.07, 6.45) is 1.76. The first-order valence-corrected chi connectivity index (χ1v) is 11.5. The molecular formula is C25H32F3N4O4Rb. The number of carbonyl (C=O) groups excluding carboxylic acids is 3. The molecule has 1 saturated heterocycles. The van der Waals surface area contributed by atoms with E-state index in [-0.39, 0.29) is 77.1 Å². The zero-order valence-electron chi connectivity index (χ0n) is 22.2. The van der Waals surface area contributed by atoms with Crippen molar-refractivity contribution in [1.29, 1.82) is 0 Å². The van der Waals surface area contributed by atoms with E-state index in [1.807, 2.05) is 6.92 Å². The van der Waals surface area contributed by atoms with Crippen LogP contribution in [0.2, 0.25) is 0 Å². The SMILES string of the molecule is C#C[C@H](Cc1ccc[n-]c1=O)NC(=O)[C@H]1N(C(=O)C(NC(=O)C(F)(F)F)C(C)(C)C)CC(C)C1(C)C.[Rb+]. The van der Waals surface area contributed by atoms with Crippen molar-refractivity contribution in [3.8, 4) is 12.3 Å². The summed E-state index contributed by atoms with van der Waals surface area (Å²) in [4.78, 5) is 55.6. The van der Waals surface area contributed by atoms with Gasteiger partial charge in [0.2, 0.25) is 11.8 Å². The van der Waals surface area contributed by atoms with Crippen LogP contribution in [0.3, 0.4) is 0 Å². The summed E-state index contributed by atoms with van der Waals surface area (Å²) < 4.78 is 38.9. The van der Waals surface area contributed by atoms with Gasteiger partial charge in [0.05, 0.1) is 11.6 Å². The molecule has 4 atom stereocenters. The van der Waals surface area contributed by atoms with E-state index in [2.05, 4.69) is 16.2 Å². The van der Waals surface area contributed by atoms with Gasteiger partial charge >= 0.3 is 70.3 Å². The quantitative estimate of drug-likeness (QED) is 0.396. The predicted octanol–water partition coefficient (Wildman–Crippen LogP) is -1.37. The molecule has 0 bridgehead atoms. The van der Waals surface area contributed by atoms with Crippen LogP contribution in [0.1, 0.15) is 47.1 Å². The molecule has 1 aromatic heterocycles. The Bertz CT molecular complexity index is 1100. The normalized spacial score (nSPS) is 20.7. The first kappa shape index (κ1) is 33.5. The second-order valence-corrected chi connectivity index (χ2v) is 10.8. The van der Waals surface area contributed by atoms with Crippen molar-refractivity contribution in [3.05, 3.63) is 34.2 Å². The van der Waals surface area contributed by atoms with Gasteiger partial charge in [0.25, 0.3) is 0 Å². The molecule has 0 spiro atoms. The van der Waals surface area contributed by atoms with Crippen molar-refractivity contribution >= 4 is 17.7 Å². The third-order valence-corrected chi connectivity index (χ3v) is 6.73. The number of hydrogen-bond acceptors (Lipinski definition) is 4. The van der Waals surface area contributed by atoms with Crippen LogP contribution in [-0.2, 0) is 20.8 Å². The van der Waals surface area contributed by atoms with Crippen LogP contribution in [0.25, 0.3) is 0 Å². The molecule has 2 rings (SSSR count). The number of amides is 3. The molecule has 3 amide bonds.